The molecule has 2 heterocycles. The van der Waals surface area contributed by atoms with Crippen molar-refractivity contribution in [3.8, 4) is 6.07 Å². The van der Waals surface area contributed by atoms with E-state index in [1.807, 2.05) is 44.2 Å². The molecule has 7 nitrogen and oxygen atoms in total. The molecule has 1 N–H and O–H groups in total. The second-order valence-corrected chi connectivity index (χ2v) is 8.19. The molecule has 3 rings (SSSR count). The molecular weight excluding hydrogens is 404 g/mol. The van der Waals surface area contributed by atoms with Gasteiger partial charge in [-0.3, -0.25) is 9.59 Å². The number of rotatable bonds is 7. The number of hydrogen-bond acceptors (Lipinski definition) is 4. The normalized spacial score (nSPS) is 14.5. The number of methoxy groups -OCH3 is 1. The van der Waals surface area contributed by atoms with Crippen LogP contribution in [0.3, 0.4) is 0 Å². The Balaban J connectivity index is 1.65. The van der Waals surface area contributed by atoms with Gasteiger partial charge in [0.05, 0.1) is 19.2 Å². The third kappa shape index (κ3) is 5.09. The van der Waals surface area contributed by atoms with Crippen molar-refractivity contribution in [3.63, 3.8) is 0 Å². The molecule has 0 radical (unpaired) electrons. The van der Waals surface area contributed by atoms with Crippen LogP contribution in [-0.2, 0) is 27.3 Å². The summed E-state index contributed by atoms with van der Waals surface area (Å²) in [6, 6.07) is 12.1. The topological polar surface area (TPSA) is 87.4 Å². The molecule has 7 heteroatoms. The van der Waals surface area contributed by atoms with Gasteiger partial charge in [0, 0.05) is 31.6 Å². The molecule has 32 heavy (non-hydrogen) atoms. The van der Waals surface area contributed by atoms with Crippen molar-refractivity contribution in [1.82, 2.24) is 14.8 Å². The molecular formula is C25H30N4O3. The zero-order valence-corrected chi connectivity index (χ0v) is 19.1. The molecule has 0 saturated carbocycles. The van der Waals surface area contributed by atoms with E-state index in [0.29, 0.717) is 19.7 Å². The van der Waals surface area contributed by atoms with Gasteiger partial charge in [-0.15, -0.1) is 0 Å². The summed E-state index contributed by atoms with van der Waals surface area (Å²) in [4.78, 5) is 27.0. The maximum atomic E-state index is 12.6. The summed E-state index contributed by atoms with van der Waals surface area (Å²) >= 11 is 0. The van der Waals surface area contributed by atoms with E-state index in [1.165, 1.54) is 5.56 Å². The fourth-order valence-electron chi connectivity index (χ4n) is 4.32. The number of nitrogens with zero attached hydrogens (tertiary/aromatic N) is 3. The van der Waals surface area contributed by atoms with Crippen molar-refractivity contribution >= 4 is 17.9 Å². The van der Waals surface area contributed by atoms with Crippen LogP contribution in [0.1, 0.15) is 41.0 Å². The lowest BCUT2D eigenvalue weighted by atomic mass is 10.00. The van der Waals surface area contributed by atoms with Gasteiger partial charge >= 0.3 is 0 Å². The van der Waals surface area contributed by atoms with Gasteiger partial charge in [0.25, 0.3) is 5.91 Å². The first-order chi connectivity index (χ1) is 15.3. The van der Waals surface area contributed by atoms with Gasteiger partial charge in [-0.1, -0.05) is 24.3 Å². The van der Waals surface area contributed by atoms with Crippen molar-refractivity contribution in [1.29, 1.82) is 5.26 Å². The summed E-state index contributed by atoms with van der Waals surface area (Å²) in [5.74, 6) is -0.704. The Bertz CT molecular complexity index is 1080. The molecule has 1 aliphatic heterocycles. The molecule has 0 bridgehead atoms. The van der Waals surface area contributed by atoms with Crippen molar-refractivity contribution in [2.45, 2.75) is 39.8 Å². The summed E-state index contributed by atoms with van der Waals surface area (Å²) in [6.07, 6.45) is 2.38. The van der Waals surface area contributed by atoms with Crippen molar-refractivity contribution in [2.24, 2.45) is 0 Å². The number of hydrogen-bond donors (Lipinski definition) is 1. The van der Waals surface area contributed by atoms with Crippen LogP contribution >= 0.6 is 0 Å². The Morgan fingerprint density at radius 2 is 2.00 bits per heavy atom. The highest BCUT2D eigenvalue weighted by Gasteiger charge is 2.21. The molecule has 1 aromatic carbocycles. The number of carbonyl (C=O) groups is 2. The van der Waals surface area contributed by atoms with E-state index >= 15 is 0 Å². The zero-order chi connectivity index (χ0) is 23.3. The van der Waals surface area contributed by atoms with Gasteiger partial charge < -0.3 is 19.5 Å². The smallest absolute Gasteiger partial charge is 0.262 e. The molecule has 1 aromatic heterocycles. The van der Waals surface area contributed by atoms with Crippen molar-refractivity contribution in [3.05, 3.63) is 64.0 Å². The van der Waals surface area contributed by atoms with Gasteiger partial charge in [-0.05, 0) is 56.0 Å². The van der Waals surface area contributed by atoms with Gasteiger partial charge in [-0.25, -0.2) is 0 Å². The molecule has 0 saturated heterocycles. The number of amides is 2. The number of carbonyl (C=O) groups excluding carboxylic acids is 2. The number of benzene rings is 1. The number of aromatic nitrogens is 1. The minimum absolute atomic E-state index is 0.0264. The molecule has 1 unspecified atom stereocenters. The average molecular weight is 435 g/mol. The standard InChI is InChI=1S/C25H30N4O3/c1-17-11-22(19(3)29(17)18(2)16-32-4)12-23(13-26)25(31)27-14-24(30)28-10-9-20-7-5-6-8-21(20)15-28/h5-8,11-12,18H,9-10,14-16H2,1-4H3,(H,27,31)/b23-12-. The van der Waals surface area contributed by atoms with E-state index in [-0.39, 0.29) is 24.1 Å². The quantitative estimate of drug-likeness (QED) is 0.536. The maximum absolute atomic E-state index is 12.6. The molecule has 2 amide bonds. The predicted octanol–water partition coefficient (Wildman–Crippen LogP) is 2.92. The Kier molecular flexibility index (Phi) is 7.49. The lowest BCUT2D eigenvalue weighted by Crippen LogP contribution is -2.42. The Labute approximate surface area is 189 Å². The van der Waals surface area contributed by atoms with Crippen LogP contribution in [0.25, 0.3) is 6.08 Å². The van der Waals surface area contributed by atoms with Crippen molar-refractivity contribution in [2.75, 3.05) is 26.8 Å². The molecule has 0 spiro atoms. The van der Waals surface area contributed by atoms with E-state index in [9.17, 15) is 14.9 Å². The highest BCUT2D eigenvalue weighted by molar-refractivity contribution is 6.03. The van der Waals surface area contributed by atoms with Crippen LogP contribution in [0.15, 0.2) is 35.9 Å². The van der Waals surface area contributed by atoms with E-state index in [4.69, 9.17) is 4.74 Å². The predicted molar refractivity (Wildman–Crippen MR) is 123 cm³/mol. The fraction of sp³-hybridized carbons (Fsp3) is 0.400. The highest BCUT2D eigenvalue weighted by Crippen LogP contribution is 2.23. The number of ether oxygens (including phenoxy) is 1. The van der Waals surface area contributed by atoms with Gasteiger partial charge in [0.1, 0.15) is 11.6 Å². The van der Waals surface area contributed by atoms with E-state index < -0.39 is 5.91 Å². The maximum Gasteiger partial charge on any atom is 0.262 e. The molecule has 1 atom stereocenters. The molecule has 2 aromatic rings. The summed E-state index contributed by atoms with van der Waals surface area (Å²) in [5, 5.41) is 12.2. The Morgan fingerprint density at radius 3 is 2.69 bits per heavy atom. The molecule has 0 aliphatic carbocycles. The monoisotopic (exact) mass is 434 g/mol. The van der Waals surface area contributed by atoms with Crippen LogP contribution in [0.2, 0.25) is 0 Å². The largest absolute Gasteiger partial charge is 0.383 e. The molecule has 0 fully saturated rings. The first-order valence-corrected chi connectivity index (χ1v) is 10.8. The fourth-order valence-corrected chi connectivity index (χ4v) is 4.32. The van der Waals surface area contributed by atoms with Crippen LogP contribution in [0, 0.1) is 25.2 Å². The average Bonchev–Trinajstić information content (AvgIpc) is 3.07. The third-order valence-corrected chi connectivity index (χ3v) is 5.92. The van der Waals surface area contributed by atoms with E-state index in [0.717, 1.165) is 28.9 Å². The second kappa shape index (κ2) is 10.3. The Morgan fingerprint density at radius 1 is 1.28 bits per heavy atom. The van der Waals surface area contributed by atoms with Gasteiger partial charge in [0.15, 0.2) is 0 Å². The van der Waals surface area contributed by atoms with Gasteiger partial charge in [-0.2, -0.15) is 5.26 Å². The SMILES string of the molecule is COCC(C)n1c(C)cc(/C=C(/C#N)C(=O)NCC(=O)N2CCc3ccccc3C2)c1C. The molecule has 1 aliphatic rings. The lowest BCUT2D eigenvalue weighted by molar-refractivity contribution is -0.132. The summed E-state index contributed by atoms with van der Waals surface area (Å²) in [5.41, 5.74) is 5.14. The van der Waals surface area contributed by atoms with Crippen LogP contribution < -0.4 is 5.32 Å². The molecule has 168 valence electrons. The summed E-state index contributed by atoms with van der Waals surface area (Å²) in [6.45, 7) is 7.58. The van der Waals surface area contributed by atoms with E-state index in [1.54, 1.807) is 18.1 Å². The van der Waals surface area contributed by atoms with Gasteiger partial charge in [0.2, 0.25) is 5.91 Å². The van der Waals surface area contributed by atoms with Crippen molar-refractivity contribution < 1.29 is 14.3 Å². The summed E-state index contributed by atoms with van der Waals surface area (Å²) < 4.78 is 7.38. The first kappa shape index (κ1) is 23.3. The lowest BCUT2D eigenvalue weighted by Gasteiger charge is -2.28. The number of nitrogens with one attached hydrogen (secondary N) is 1. The van der Waals surface area contributed by atoms with Crippen LogP contribution in [-0.4, -0.2) is 48.1 Å². The number of fused-ring (bicyclic) bond motifs is 1. The zero-order valence-electron chi connectivity index (χ0n) is 19.1. The number of aryl methyl sites for hydroxylation is 1. The minimum atomic E-state index is -0.548. The third-order valence-electron chi connectivity index (χ3n) is 5.92. The van der Waals surface area contributed by atoms with Crippen LogP contribution in [0.5, 0.6) is 0 Å². The first-order valence-electron chi connectivity index (χ1n) is 10.8. The highest BCUT2D eigenvalue weighted by atomic mass is 16.5. The summed E-state index contributed by atoms with van der Waals surface area (Å²) in [7, 11) is 1.66. The minimum Gasteiger partial charge on any atom is -0.383 e. The van der Waals surface area contributed by atoms with E-state index in [2.05, 4.69) is 22.9 Å². The number of nitriles is 1. The van der Waals surface area contributed by atoms with Crippen LogP contribution in [0.4, 0.5) is 0 Å². The second-order valence-electron chi connectivity index (χ2n) is 8.19. The Hall–Kier alpha value is -3.37.